The Bertz CT molecular complexity index is 1470. The molecule has 8 nitrogen and oxygen atoms in total. The van der Waals surface area contributed by atoms with Crippen molar-refractivity contribution < 1.29 is 28.5 Å². The Labute approximate surface area is 238 Å². The number of nitrogens with zero attached hydrogens (tertiary/aromatic N) is 1. The molecule has 0 aromatic heterocycles. The summed E-state index contributed by atoms with van der Waals surface area (Å²) < 4.78 is 28.5. The van der Waals surface area contributed by atoms with Crippen molar-refractivity contribution in [3.8, 4) is 34.8 Å². The summed E-state index contributed by atoms with van der Waals surface area (Å²) in [7, 11) is 0. The van der Waals surface area contributed by atoms with E-state index in [0.717, 1.165) is 23.1 Å². The van der Waals surface area contributed by atoms with Gasteiger partial charge in [0.15, 0.2) is 18.1 Å². The summed E-state index contributed by atoms with van der Waals surface area (Å²) in [4.78, 5) is 12.5. The van der Waals surface area contributed by atoms with Gasteiger partial charge >= 0.3 is 5.97 Å². The number of nitrogens with two attached hydrogens (primary N) is 1. The fraction of sp³-hybridized carbons (Fsp3) is 0.290. The second-order valence-electron chi connectivity index (χ2n) is 9.25. The topological polar surface area (TPSA) is 113 Å². The zero-order valence-electron chi connectivity index (χ0n) is 22.9. The quantitative estimate of drug-likeness (QED) is 0.225. The van der Waals surface area contributed by atoms with Crippen LogP contribution < -0.4 is 29.4 Å². The first-order valence-electron chi connectivity index (χ1n) is 13.0. The van der Waals surface area contributed by atoms with Crippen LogP contribution in [0.2, 0.25) is 5.02 Å². The third kappa shape index (κ3) is 6.27. The first-order valence-corrected chi connectivity index (χ1v) is 13.3. The zero-order chi connectivity index (χ0) is 28.8. The molecule has 0 aliphatic carbocycles. The number of carbonyl (C=O) groups excluding carboxylic acids is 1. The lowest BCUT2D eigenvalue weighted by Gasteiger charge is -2.27. The highest BCUT2D eigenvalue weighted by molar-refractivity contribution is 6.32. The molecule has 1 aliphatic rings. The maximum absolute atomic E-state index is 12.5. The van der Waals surface area contributed by atoms with Crippen molar-refractivity contribution in [1.29, 1.82) is 5.26 Å². The molecule has 1 aliphatic heterocycles. The van der Waals surface area contributed by atoms with E-state index in [4.69, 9.17) is 41.0 Å². The molecule has 1 atom stereocenters. The molecule has 208 valence electrons. The van der Waals surface area contributed by atoms with Crippen LogP contribution in [0.1, 0.15) is 48.4 Å². The van der Waals surface area contributed by atoms with Crippen LogP contribution in [0.4, 0.5) is 0 Å². The van der Waals surface area contributed by atoms with Crippen LogP contribution in [-0.4, -0.2) is 25.8 Å². The van der Waals surface area contributed by atoms with Crippen LogP contribution in [0.25, 0.3) is 0 Å². The molecule has 40 heavy (non-hydrogen) atoms. The fourth-order valence-corrected chi connectivity index (χ4v) is 4.55. The van der Waals surface area contributed by atoms with Crippen molar-refractivity contribution in [3.63, 3.8) is 0 Å². The minimum Gasteiger partial charge on any atom is -0.490 e. The summed E-state index contributed by atoms with van der Waals surface area (Å²) >= 11 is 6.20. The highest BCUT2D eigenvalue weighted by Crippen LogP contribution is 2.45. The fourth-order valence-electron chi connectivity index (χ4n) is 4.44. The number of rotatable bonds is 10. The smallest absolute Gasteiger partial charge is 0.349 e. The Morgan fingerprint density at radius 2 is 1.75 bits per heavy atom. The molecule has 0 bridgehead atoms. The van der Waals surface area contributed by atoms with E-state index in [-0.39, 0.29) is 23.8 Å². The van der Waals surface area contributed by atoms with Gasteiger partial charge in [-0.25, -0.2) is 4.79 Å². The van der Waals surface area contributed by atoms with Gasteiger partial charge in [0.25, 0.3) is 0 Å². The third-order valence-corrected chi connectivity index (χ3v) is 6.85. The monoisotopic (exact) mass is 562 g/mol. The van der Waals surface area contributed by atoms with Crippen LogP contribution in [0.5, 0.6) is 28.7 Å². The van der Waals surface area contributed by atoms with Gasteiger partial charge in [-0.15, -0.1) is 0 Å². The zero-order valence-corrected chi connectivity index (χ0v) is 23.6. The molecule has 3 aromatic rings. The van der Waals surface area contributed by atoms with Crippen molar-refractivity contribution >= 4 is 17.6 Å². The van der Waals surface area contributed by atoms with Crippen molar-refractivity contribution in [2.24, 2.45) is 5.73 Å². The molecular formula is C31H31ClN2O6. The van der Waals surface area contributed by atoms with Gasteiger partial charge < -0.3 is 29.4 Å². The summed E-state index contributed by atoms with van der Waals surface area (Å²) in [5.74, 6) is 1.22. The third-order valence-electron chi connectivity index (χ3n) is 6.25. The van der Waals surface area contributed by atoms with Gasteiger partial charge in [-0.05, 0) is 74.2 Å². The van der Waals surface area contributed by atoms with Gasteiger partial charge in [0, 0.05) is 16.7 Å². The molecule has 9 heteroatoms. The number of carbonyl (C=O) groups is 1. The summed E-state index contributed by atoms with van der Waals surface area (Å²) in [5, 5.41) is 10.6. The van der Waals surface area contributed by atoms with Crippen LogP contribution in [0.3, 0.4) is 0 Å². The SMILES string of the molecule is CCCOc1ccc(C2C(C#N)=C(N)Oc3cc(OC(=O)COc4cc(C)c(Cl)c(C)c4)ccc32)cc1OCC. The standard InChI is InChI=1S/C31H31ClN2O6/c1-5-11-37-25-10-7-20(14-27(25)36-6-2)29-23-9-8-21(15-26(23)40-31(34)24(29)16-33)39-28(35)17-38-22-12-18(3)30(32)19(4)13-22/h7-10,12-15,29H,5-6,11,17,34H2,1-4H3. The Hall–Kier alpha value is -4.35. The number of benzene rings is 3. The molecule has 0 spiro atoms. The number of ether oxygens (including phenoxy) is 5. The van der Waals surface area contributed by atoms with E-state index in [1.165, 1.54) is 0 Å². The van der Waals surface area contributed by atoms with Crippen molar-refractivity contribution in [2.45, 2.75) is 40.0 Å². The Kier molecular flexibility index (Phi) is 9.08. The van der Waals surface area contributed by atoms with E-state index in [2.05, 4.69) is 6.07 Å². The number of halogens is 1. The van der Waals surface area contributed by atoms with Crippen LogP contribution >= 0.6 is 11.6 Å². The van der Waals surface area contributed by atoms with Gasteiger partial charge in [-0.1, -0.05) is 30.7 Å². The van der Waals surface area contributed by atoms with Gasteiger partial charge in [0.05, 0.1) is 19.1 Å². The maximum atomic E-state index is 12.5. The normalized spacial score (nSPS) is 14.1. The average Bonchev–Trinajstić information content (AvgIpc) is 2.93. The Morgan fingerprint density at radius 3 is 2.42 bits per heavy atom. The molecule has 0 fully saturated rings. The molecule has 0 radical (unpaired) electrons. The molecule has 1 heterocycles. The average molecular weight is 563 g/mol. The molecule has 0 amide bonds. The first-order chi connectivity index (χ1) is 19.2. The van der Waals surface area contributed by atoms with Gasteiger partial charge in [-0.3, -0.25) is 0 Å². The molecule has 4 rings (SSSR count). The van der Waals surface area contributed by atoms with E-state index in [9.17, 15) is 10.1 Å². The Balaban J connectivity index is 1.57. The van der Waals surface area contributed by atoms with Gasteiger partial charge in [0.1, 0.15) is 28.9 Å². The maximum Gasteiger partial charge on any atom is 0.349 e. The predicted molar refractivity (Wildman–Crippen MR) is 151 cm³/mol. The van der Waals surface area contributed by atoms with Gasteiger partial charge in [-0.2, -0.15) is 5.26 Å². The second kappa shape index (κ2) is 12.7. The van der Waals surface area contributed by atoms with Crippen LogP contribution in [0.15, 0.2) is 60.0 Å². The Morgan fingerprint density at radius 1 is 1.00 bits per heavy atom. The molecule has 0 saturated heterocycles. The molecular weight excluding hydrogens is 532 g/mol. The van der Waals surface area contributed by atoms with Crippen molar-refractivity contribution in [3.05, 3.63) is 87.3 Å². The second-order valence-corrected chi connectivity index (χ2v) is 9.62. The molecule has 0 saturated carbocycles. The molecule has 3 aromatic carbocycles. The minimum atomic E-state index is -0.595. The van der Waals surface area contributed by atoms with Gasteiger partial charge in [0.2, 0.25) is 5.88 Å². The van der Waals surface area contributed by atoms with Crippen LogP contribution in [-0.2, 0) is 4.79 Å². The lowest BCUT2D eigenvalue weighted by molar-refractivity contribution is -0.136. The highest BCUT2D eigenvalue weighted by atomic mass is 35.5. The predicted octanol–water partition coefficient (Wildman–Crippen LogP) is 6.35. The van der Waals surface area contributed by atoms with Crippen molar-refractivity contribution in [2.75, 3.05) is 19.8 Å². The lowest BCUT2D eigenvalue weighted by Crippen LogP contribution is -2.22. The number of nitriles is 1. The highest BCUT2D eigenvalue weighted by Gasteiger charge is 2.32. The summed E-state index contributed by atoms with van der Waals surface area (Å²) in [5.41, 5.74) is 9.61. The molecule has 1 unspecified atom stereocenters. The summed E-state index contributed by atoms with van der Waals surface area (Å²) in [6, 6.07) is 16.2. The van der Waals surface area contributed by atoms with E-state index in [0.29, 0.717) is 46.8 Å². The van der Waals surface area contributed by atoms with E-state index in [1.807, 2.05) is 45.9 Å². The summed E-state index contributed by atoms with van der Waals surface area (Å²) in [6.07, 6.45) is 0.859. The van der Waals surface area contributed by atoms with Crippen LogP contribution in [0, 0.1) is 25.2 Å². The molecule has 2 N–H and O–H groups in total. The number of allylic oxidation sites excluding steroid dienone is 1. The number of hydrogen-bond acceptors (Lipinski definition) is 8. The number of hydrogen-bond donors (Lipinski definition) is 1. The summed E-state index contributed by atoms with van der Waals surface area (Å²) in [6.45, 7) is 8.37. The lowest BCUT2D eigenvalue weighted by atomic mass is 9.83. The first kappa shape index (κ1) is 28.7. The number of fused-ring (bicyclic) bond motifs is 1. The minimum absolute atomic E-state index is 0.0236. The van der Waals surface area contributed by atoms with E-state index >= 15 is 0 Å². The van der Waals surface area contributed by atoms with E-state index in [1.54, 1.807) is 30.3 Å². The largest absolute Gasteiger partial charge is 0.490 e. The number of aryl methyl sites for hydroxylation is 2. The van der Waals surface area contributed by atoms with E-state index < -0.39 is 11.9 Å². The number of esters is 1. The van der Waals surface area contributed by atoms with Crippen molar-refractivity contribution in [1.82, 2.24) is 0 Å².